The van der Waals surface area contributed by atoms with Crippen molar-refractivity contribution < 1.29 is 13.9 Å². The molecule has 6 nitrogen and oxygen atoms in total. The second kappa shape index (κ2) is 9.31. The molecule has 1 saturated heterocycles. The zero-order valence-electron chi connectivity index (χ0n) is 17.9. The molecule has 1 fully saturated rings. The van der Waals surface area contributed by atoms with Gasteiger partial charge in [-0.1, -0.05) is 18.2 Å². The van der Waals surface area contributed by atoms with Crippen LogP contribution >= 0.6 is 0 Å². The van der Waals surface area contributed by atoms with Crippen molar-refractivity contribution in [2.24, 2.45) is 0 Å². The summed E-state index contributed by atoms with van der Waals surface area (Å²) in [4.78, 5) is 19.6. The fraction of sp³-hybridized carbons (Fsp3) is 0.333. The van der Waals surface area contributed by atoms with Crippen LogP contribution in [0, 0.1) is 19.7 Å². The van der Waals surface area contributed by atoms with Crippen LogP contribution in [0.25, 0.3) is 0 Å². The third-order valence-corrected chi connectivity index (χ3v) is 5.76. The molecule has 4 rings (SSSR count). The molecule has 3 heterocycles. The summed E-state index contributed by atoms with van der Waals surface area (Å²) in [7, 11) is 0. The number of pyridine rings is 1. The lowest BCUT2D eigenvalue weighted by Crippen LogP contribution is -2.36. The first-order valence-corrected chi connectivity index (χ1v) is 10.5. The molecule has 1 aliphatic rings. The van der Waals surface area contributed by atoms with Crippen molar-refractivity contribution in [2.75, 3.05) is 31.2 Å². The van der Waals surface area contributed by atoms with E-state index in [4.69, 9.17) is 4.74 Å². The molecule has 2 aromatic heterocycles. The third-order valence-electron chi connectivity index (χ3n) is 5.76. The molecular weight excluding hydrogens is 395 g/mol. The fourth-order valence-electron chi connectivity index (χ4n) is 4.19. The summed E-state index contributed by atoms with van der Waals surface area (Å²) in [6.07, 6.45) is 3.41. The number of carbonyl (C=O) groups excluding carboxylic acids is 1. The van der Waals surface area contributed by atoms with Crippen LogP contribution in [0.5, 0.6) is 0 Å². The quantitative estimate of drug-likeness (QED) is 0.661. The lowest BCUT2D eigenvalue weighted by Gasteiger charge is -2.29. The summed E-state index contributed by atoms with van der Waals surface area (Å²) in [6.45, 7) is 7.50. The van der Waals surface area contributed by atoms with Crippen molar-refractivity contribution in [3.05, 3.63) is 82.7 Å². The SMILES string of the molecule is Cc1c(N2CCOCC2)c(C)n(Cc2ccccc2F)c1C(=O)NCc1ccncc1. The second-order valence-corrected chi connectivity index (χ2v) is 7.72. The summed E-state index contributed by atoms with van der Waals surface area (Å²) in [5, 5.41) is 3.02. The van der Waals surface area contributed by atoms with Crippen LogP contribution in [0.1, 0.15) is 32.9 Å². The van der Waals surface area contributed by atoms with Gasteiger partial charge < -0.3 is 19.5 Å². The van der Waals surface area contributed by atoms with Gasteiger partial charge in [0, 0.05) is 48.8 Å². The minimum absolute atomic E-state index is 0.173. The van der Waals surface area contributed by atoms with Gasteiger partial charge in [0.25, 0.3) is 5.91 Å². The normalized spacial score (nSPS) is 14.0. The summed E-state index contributed by atoms with van der Waals surface area (Å²) in [6, 6.07) is 10.4. The highest BCUT2D eigenvalue weighted by molar-refractivity contribution is 5.96. The van der Waals surface area contributed by atoms with Gasteiger partial charge in [-0.2, -0.15) is 0 Å². The van der Waals surface area contributed by atoms with Crippen LogP contribution in [0.4, 0.5) is 10.1 Å². The number of nitrogens with one attached hydrogen (secondary N) is 1. The van der Waals surface area contributed by atoms with Crippen LogP contribution in [-0.2, 0) is 17.8 Å². The smallest absolute Gasteiger partial charge is 0.268 e. The zero-order valence-corrected chi connectivity index (χ0v) is 17.9. The largest absolute Gasteiger partial charge is 0.378 e. The Labute approximate surface area is 181 Å². The van der Waals surface area contributed by atoms with Gasteiger partial charge in [0.1, 0.15) is 11.5 Å². The van der Waals surface area contributed by atoms with Crippen LogP contribution in [0.2, 0.25) is 0 Å². The number of aromatic nitrogens is 2. The molecule has 0 radical (unpaired) electrons. The lowest BCUT2D eigenvalue weighted by atomic mass is 10.1. The number of hydrogen-bond acceptors (Lipinski definition) is 4. The van der Waals surface area contributed by atoms with Crippen molar-refractivity contribution in [1.29, 1.82) is 0 Å². The molecule has 3 aromatic rings. The van der Waals surface area contributed by atoms with E-state index in [0.29, 0.717) is 37.6 Å². The monoisotopic (exact) mass is 422 g/mol. The predicted molar refractivity (Wildman–Crippen MR) is 118 cm³/mol. The highest BCUT2D eigenvalue weighted by atomic mass is 19.1. The first-order chi connectivity index (χ1) is 15.1. The maximum atomic E-state index is 14.4. The van der Waals surface area contributed by atoms with E-state index in [1.807, 2.05) is 36.6 Å². The Balaban J connectivity index is 1.70. The number of rotatable bonds is 6. The Hall–Kier alpha value is -3.19. The maximum Gasteiger partial charge on any atom is 0.268 e. The predicted octanol–water partition coefficient (Wildman–Crippen LogP) is 3.45. The summed E-state index contributed by atoms with van der Waals surface area (Å²) >= 11 is 0. The Morgan fingerprint density at radius 1 is 1.13 bits per heavy atom. The summed E-state index contributed by atoms with van der Waals surface area (Å²) in [5.74, 6) is -0.447. The Bertz CT molecular complexity index is 1060. The number of carbonyl (C=O) groups is 1. The van der Waals surface area contributed by atoms with E-state index < -0.39 is 0 Å². The maximum absolute atomic E-state index is 14.4. The number of ether oxygens (including phenoxy) is 1. The number of amides is 1. The Morgan fingerprint density at radius 2 is 1.84 bits per heavy atom. The van der Waals surface area contributed by atoms with E-state index in [9.17, 15) is 9.18 Å². The second-order valence-electron chi connectivity index (χ2n) is 7.72. The molecule has 1 N–H and O–H groups in total. The van der Waals surface area contributed by atoms with E-state index in [1.54, 1.807) is 24.5 Å². The van der Waals surface area contributed by atoms with Gasteiger partial charge in [-0.15, -0.1) is 0 Å². The lowest BCUT2D eigenvalue weighted by molar-refractivity contribution is 0.0941. The van der Waals surface area contributed by atoms with Crippen molar-refractivity contribution in [3.63, 3.8) is 0 Å². The zero-order chi connectivity index (χ0) is 21.8. The first-order valence-electron chi connectivity index (χ1n) is 10.5. The molecule has 31 heavy (non-hydrogen) atoms. The van der Waals surface area contributed by atoms with Crippen LogP contribution < -0.4 is 10.2 Å². The van der Waals surface area contributed by atoms with Crippen molar-refractivity contribution in [3.8, 4) is 0 Å². The highest BCUT2D eigenvalue weighted by Gasteiger charge is 2.27. The molecule has 0 unspecified atom stereocenters. The third kappa shape index (κ3) is 4.46. The number of nitrogens with zero attached hydrogens (tertiary/aromatic N) is 3. The molecule has 0 aliphatic carbocycles. The van der Waals surface area contributed by atoms with Gasteiger partial charge in [-0.3, -0.25) is 9.78 Å². The Morgan fingerprint density at radius 3 is 2.55 bits per heavy atom. The fourth-order valence-corrected chi connectivity index (χ4v) is 4.19. The van der Waals surface area contributed by atoms with Crippen molar-refractivity contribution >= 4 is 11.6 Å². The number of halogens is 1. The average molecular weight is 423 g/mol. The molecular formula is C24H27FN4O2. The topological polar surface area (TPSA) is 59.4 Å². The van der Waals surface area contributed by atoms with E-state index in [0.717, 1.165) is 35.6 Å². The number of anilines is 1. The van der Waals surface area contributed by atoms with Gasteiger partial charge in [-0.05, 0) is 37.6 Å². The van der Waals surface area contributed by atoms with E-state index >= 15 is 0 Å². The van der Waals surface area contributed by atoms with Crippen molar-refractivity contribution in [2.45, 2.75) is 26.9 Å². The van der Waals surface area contributed by atoms with E-state index in [-0.39, 0.29) is 11.7 Å². The molecule has 1 amide bonds. The Kier molecular flexibility index (Phi) is 6.32. The van der Waals surface area contributed by atoms with Gasteiger partial charge in [0.2, 0.25) is 0 Å². The van der Waals surface area contributed by atoms with E-state index in [2.05, 4.69) is 15.2 Å². The molecule has 1 aromatic carbocycles. The molecule has 0 bridgehead atoms. The van der Waals surface area contributed by atoms with Crippen LogP contribution in [-0.4, -0.2) is 41.8 Å². The molecule has 7 heteroatoms. The minimum Gasteiger partial charge on any atom is -0.378 e. The first kappa shape index (κ1) is 21.1. The minimum atomic E-state index is -0.274. The van der Waals surface area contributed by atoms with Crippen LogP contribution in [0.3, 0.4) is 0 Å². The number of hydrogen-bond donors (Lipinski definition) is 1. The summed E-state index contributed by atoms with van der Waals surface area (Å²) in [5.41, 5.74) is 4.99. The molecule has 162 valence electrons. The van der Waals surface area contributed by atoms with E-state index in [1.165, 1.54) is 6.07 Å². The molecule has 0 spiro atoms. The highest BCUT2D eigenvalue weighted by Crippen LogP contribution is 2.32. The number of benzene rings is 1. The van der Waals surface area contributed by atoms with Gasteiger partial charge >= 0.3 is 0 Å². The van der Waals surface area contributed by atoms with Gasteiger partial charge in [-0.25, -0.2) is 4.39 Å². The van der Waals surface area contributed by atoms with Crippen LogP contribution in [0.15, 0.2) is 48.8 Å². The molecule has 1 aliphatic heterocycles. The van der Waals surface area contributed by atoms with Gasteiger partial charge in [0.05, 0.1) is 25.4 Å². The molecule has 0 saturated carbocycles. The van der Waals surface area contributed by atoms with Gasteiger partial charge in [0.15, 0.2) is 0 Å². The number of morpholine rings is 1. The van der Waals surface area contributed by atoms with Crippen molar-refractivity contribution in [1.82, 2.24) is 14.9 Å². The molecule has 0 atom stereocenters. The average Bonchev–Trinajstić information content (AvgIpc) is 3.04. The standard InChI is InChI=1S/C24H27FN4O2/c1-17-22(28-11-13-31-14-12-28)18(2)29(16-20-5-3-4-6-21(20)25)23(17)24(30)27-15-19-7-9-26-10-8-19/h3-10H,11-16H2,1-2H3,(H,27,30). The summed E-state index contributed by atoms with van der Waals surface area (Å²) < 4.78 is 21.9.